The van der Waals surface area contributed by atoms with Crippen molar-refractivity contribution in [2.45, 2.75) is 26.1 Å². The molecule has 1 atom stereocenters. The lowest BCUT2D eigenvalue weighted by molar-refractivity contribution is -0.120. The highest BCUT2D eigenvalue weighted by atomic mass is 19.3. The van der Waals surface area contributed by atoms with E-state index in [1.165, 1.54) is 36.4 Å². The van der Waals surface area contributed by atoms with Crippen molar-refractivity contribution < 1.29 is 22.7 Å². The van der Waals surface area contributed by atoms with Gasteiger partial charge in [0.1, 0.15) is 11.6 Å². The van der Waals surface area contributed by atoms with Gasteiger partial charge in [0, 0.05) is 12.2 Å². The number of nitrogens with one attached hydrogen (secondary N) is 1. The molecule has 2 rings (SSSR count). The van der Waals surface area contributed by atoms with Crippen molar-refractivity contribution in [2.24, 2.45) is 0 Å². The van der Waals surface area contributed by atoms with Gasteiger partial charge < -0.3 is 10.1 Å². The SMILES string of the molecule is C[C@H](C(=O)Nc1ccc(F)cc1)N(C)Cc1ccc(OC(F)F)cc1. The Labute approximate surface area is 144 Å². The fourth-order valence-electron chi connectivity index (χ4n) is 2.18. The van der Waals surface area contributed by atoms with Crippen LogP contribution in [0.25, 0.3) is 0 Å². The molecule has 0 saturated carbocycles. The number of amides is 1. The van der Waals surface area contributed by atoms with Crippen LogP contribution in [0.4, 0.5) is 18.9 Å². The molecule has 2 aromatic carbocycles. The van der Waals surface area contributed by atoms with Gasteiger partial charge in [-0.1, -0.05) is 12.1 Å². The Morgan fingerprint density at radius 1 is 1.12 bits per heavy atom. The van der Waals surface area contributed by atoms with E-state index >= 15 is 0 Å². The van der Waals surface area contributed by atoms with E-state index in [9.17, 15) is 18.0 Å². The van der Waals surface area contributed by atoms with Gasteiger partial charge in [-0.15, -0.1) is 0 Å². The second-order valence-electron chi connectivity index (χ2n) is 5.61. The lowest BCUT2D eigenvalue weighted by atomic mass is 10.1. The Balaban J connectivity index is 1.91. The van der Waals surface area contributed by atoms with Crippen molar-refractivity contribution in [1.82, 2.24) is 4.90 Å². The Hall–Kier alpha value is -2.54. The summed E-state index contributed by atoms with van der Waals surface area (Å²) in [4.78, 5) is 14.1. The van der Waals surface area contributed by atoms with E-state index in [1.54, 1.807) is 26.1 Å². The number of nitrogens with zero attached hydrogens (tertiary/aromatic N) is 1. The molecule has 0 radical (unpaired) electrons. The molecular weight excluding hydrogens is 333 g/mol. The summed E-state index contributed by atoms with van der Waals surface area (Å²) in [6.45, 7) is -0.663. The van der Waals surface area contributed by atoms with Crippen LogP contribution < -0.4 is 10.1 Å². The number of carbonyl (C=O) groups is 1. The fourth-order valence-corrected chi connectivity index (χ4v) is 2.18. The summed E-state index contributed by atoms with van der Waals surface area (Å²) in [5, 5.41) is 2.72. The standard InChI is InChI=1S/C18H19F3N2O2/c1-12(17(24)22-15-7-5-14(19)6-8-15)23(2)11-13-3-9-16(10-4-13)25-18(20)21/h3-10,12,18H,11H2,1-2H3,(H,22,24)/t12-/m1/s1. The van der Waals surface area contributed by atoms with Crippen LogP contribution in [0.5, 0.6) is 5.75 Å². The maximum atomic E-state index is 12.9. The Kier molecular flexibility index (Phi) is 6.41. The van der Waals surface area contributed by atoms with Crippen molar-refractivity contribution in [3.63, 3.8) is 0 Å². The highest BCUT2D eigenvalue weighted by Crippen LogP contribution is 2.17. The number of alkyl halides is 2. The van der Waals surface area contributed by atoms with Gasteiger partial charge in [-0.25, -0.2) is 4.39 Å². The van der Waals surface area contributed by atoms with Crippen LogP contribution in [-0.2, 0) is 11.3 Å². The minimum atomic E-state index is -2.86. The van der Waals surface area contributed by atoms with E-state index in [0.29, 0.717) is 12.2 Å². The monoisotopic (exact) mass is 352 g/mol. The van der Waals surface area contributed by atoms with E-state index in [-0.39, 0.29) is 17.5 Å². The molecule has 0 heterocycles. The third-order valence-electron chi connectivity index (χ3n) is 3.73. The van der Waals surface area contributed by atoms with Crippen molar-refractivity contribution in [2.75, 3.05) is 12.4 Å². The van der Waals surface area contributed by atoms with Gasteiger partial charge in [-0.05, 0) is 55.9 Å². The molecule has 0 aliphatic carbocycles. The lowest BCUT2D eigenvalue weighted by Crippen LogP contribution is -2.39. The smallest absolute Gasteiger partial charge is 0.387 e. The fraction of sp³-hybridized carbons (Fsp3) is 0.278. The first kappa shape index (κ1) is 18.8. The maximum absolute atomic E-state index is 12.9. The summed E-state index contributed by atoms with van der Waals surface area (Å²) in [5.41, 5.74) is 1.37. The molecule has 0 aliphatic heterocycles. The number of likely N-dealkylation sites (N-methyl/N-ethyl adjacent to an activating group) is 1. The van der Waals surface area contributed by atoms with Crippen LogP contribution in [0.1, 0.15) is 12.5 Å². The zero-order valence-corrected chi connectivity index (χ0v) is 13.9. The molecular formula is C18H19F3N2O2. The van der Waals surface area contributed by atoms with Crippen LogP contribution in [-0.4, -0.2) is 30.5 Å². The Bertz CT molecular complexity index is 690. The van der Waals surface area contributed by atoms with E-state index in [0.717, 1.165) is 5.56 Å². The molecule has 25 heavy (non-hydrogen) atoms. The molecule has 1 N–H and O–H groups in total. The second-order valence-corrected chi connectivity index (χ2v) is 5.61. The van der Waals surface area contributed by atoms with Gasteiger partial charge in [0.05, 0.1) is 6.04 Å². The van der Waals surface area contributed by atoms with Crippen LogP contribution in [0, 0.1) is 5.82 Å². The third-order valence-corrected chi connectivity index (χ3v) is 3.73. The van der Waals surface area contributed by atoms with Gasteiger partial charge in [-0.3, -0.25) is 9.69 Å². The summed E-state index contributed by atoms with van der Waals surface area (Å²) in [6, 6.07) is 11.3. The molecule has 0 aromatic heterocycles. The molecule has 0 bridgehead atoms. The number of rotatable bonds is 7. The maximum Gasteiger partial charge on any atom is 0.387 e. The average molecular weight is 352 g/mol. The Morgan fingerprint density at radius 2 is 1.72 bits per heavy atom. The molecule has 7 heteroatoms. The number of hydrogen-bond donors (Lipinski definition) is 1. The first-order valence-electron chi connectivity index (χ1n) is 7.65. The summed E-state index contributed by atoms with van der Waals surface area (Å²) < 4.78 is 41.4. The minimum absolute atomic E-state index is 0.0866. The molecule has 0 saturated heterocycles. The number of hydrogen-bond acceptors (Lipinski definition) is 3. The van der Waals surface area contributed by atoms with Crippen LogP contribution in [0.3, 0.4) is 0 Å². The van der Waals surface area contributed by atoms with E-state index in [2.05, 4.69) is 10.1 Å². The molecule has 0 unspecified atom stereocenters. The van der Waals surface area contributed by atoms with E-state index in [1.807, 2.05) is 4.90 Å². The summed E-state index contributed by atoms with van der Waals surface area (Å²) in [7, 11) is 1.78. The number of halogens is 3. The quantitative estimate of drug-likeness (QED) is 0.822. The predicted molar refractivity (Wildman–Crippen MR) is 89.0 cm³/mol. The average Bonchev–Trinajstić information content (AvgIpc) is 2.57. The van der Waals surface area contributed by atoms with Gasteiger partial charge in [0.25, 0.3) is 0 Å². The first-order valence-corrected chi connectivity index (χ1v) is 7.65. The van der Waals surface area contributed by atoms with Gasteiger partial charge in [0.15, 0.2) is 0 Å². The van der Waals surface area contributed by atoms with Gasteiger partial charge in [-0.2, -0.15) is 8.78 Å². The summed E-state index contributed by atoms with van der Waals surface area (Å²) >= 11 is 0. The molecule has 0 spiro atoms. The molecule has 0 fully saturated rings. The molecule has 4 nitrogen and oxygen atoms in total. The van der Waals surface area contributed by atoms with Crippen molar-refractivity contribution in [3.05, 3.63) is 59.9 Å². The zero-order chi connectivity index (χ0) is 18.4. The highest BCUT2D eigenvalue weighted by molar-refractivity contribution is 5.94. The van der Waals surface area contributed by atoms with Crippen LogP contribution >= 0.6 is 0 Å². The zero-order valence-electron chi connectivity index (χ0n) is 13.9. The second kappa shape index (κ2) is 8.53. The number of carbonyl (C=O) groups excluding carboxylic acids is 1. The topological polar surface area (TPSA) is 41.6 Å². The highest BCUT2D eigenvalue weighted by Gasteiger charge is 2.18. The predicted octanol–water partition coefficient (Wildman–Crippen LogP) is 3.89. The summed E-state index contributed by atoms with van der Waals surface area (Å²) in [5.74, 6) is -0.516. The molecule has 2 aromatic rings. The third kappa shape index (κ3) is 5.79. The molecule has 0 aliphatic rings. The van der Waals surface area contributed by atoms with E-state index in [4.69, 9.17) is 0 Å². The Morgan fingerprint density at radius 3 is 2.28 bits per heavy atom. The summed E-state index contributed by atoms with van der Waals surface area (Å²) in [6.07, 6.45) is 0. The van der Waals surface area contributed by atoms with E-state index < -0.39 is 12.7 Å². The number of benzene rings is 2. The molecule has 134 valence electrons. The largest absolute Gasteiger partial charge is 0.435 e. The lowest BCUT2D eigenvalue weighted by Gasteiger charge is -2.24. The van der Waals surface area contributed by atoms with Gasteiger partial charge >= 0.3 is 6.61 Å². The van der Waals surface area contributed by atoms with Crippen molar-refractivity contribution in [3.8, 4) is 5.75 Å². The minimum Gasteiger partial charge on any atom is -0.435 e. The van der Waals surface area contributed by atoms with Crippen molar-refractivity contribution >= 4 is 11.6 Å². The van der Waals surface area contributed by atoms with Crippen molar-refractivity contribution in [1.29, 1.82) is 0 Å². The first-order chi connectivity index (χ1) is 11.8. The van der Waals surface area contributed by atoms with Crippen LogP contribution in [0.2, 0.25) is 0 Å². The van der Waals surface area contributed by atoms with Crippen LogP contribution in [0.15, 0.2) is 48.5 Å². The number of anilines is 1. The number of ether oxygens (including phenoxy) is 1. The normalized spacial score (nSPS) is 12.3. The molecule has 1 amide bonds. The van der Waals surface area contributed by atoms with Gasteiger partial charge in [0.2, 0.25) is 5.91 Å².